The quantitative estimate of drug-likeness (QED) is 0.515. The number of hydrogen-bond acceptors (Lipinski definition) is 4. The topological polar surface area (TPSA) is 33.5 Å². The van der Waals surface area contributed by atoms with Crippen molar-refractivity contribution in [3.05, 3.63) is 69.5 Å². The second kappa shape index (κ2) is 6.93. The number of thiocarbonyl (C=S) groups is 1. The van der Waals surface area contributed by atoms with Gasteiger partial charge in [-0.1, -0.05) is 53.3 Å². The minimum absolute atomic E-state index is 0.192. The van der Waals surface area contributed by atoms with Crippen molar-refractivity contribution in [3.8, 4) is 0 Å². The largest absolute Gasteiger partial charge is 0.465 e. The first-order valence-corrected chi connectivity index (χ1v) is 8.47. The van der Waals surface area contributed by atoms with Crippen LogP contribution in [0.15, 0.2) is 58.1 Å². The van der Waals surface area contributed by atoms with Gasteiger partial charge in [0.2, 0.25) is 0 Å². The van der Waals surface area contributed by atoms with Crippen LogP contribution >= 0.6 is 47.2 Å². The molecule has 0 radical (unpaired) electrons. The van der Waals surface area contributed by atoms with Gasteiger partial charge in [-0.25, -0.2) is 0 Å². The molecule has 1 aromatic carbocycles. The van der Waals surface area contributed by atoms with Gasteiger partial charge in [-0.3, -0.25) is 9.69 Å². The molecule has 1 aliphatic heterocycles. The van der Waals surface area contributed by atoms with Crippen LogP contribution in [-0.2, 0) is 4.79 Å². The summed E-state index contributed by atoms with van der Waals surface area (Å²) in [7, 11) is 0. The minimum atomic E-state index is -0.192. The van der Waals surface area contributed by atoms with Gasteiger partial charge in [-0.15, -0.1) is 0 Å². The normalized spacial score (nSPS) is 17.0. The number of rotatable bonds is 3. The van der Waals surface area contributed by atoms with Crippen LogP contribution in [0.25, 0.3) is 6.08 Å². The molecule has 0 spiro atoms. The molecule has 1 saturated heterocycles. The number of carbonyl (C=O) groups is 1. The maximum Gasteiger partial charge on any atom is 0.270 e. The summed E-state index contributed by atoms with van der Waals surface area (Å²) in [6, 6.07) is 8.59. The molecule has 0 atom stereocenters. The van der Waals surface area contributed by atoms with Gasteiger partial charge >= 0.3 is 0 Å². The Bertz CT molecular complexity index is 829. The summed E-state index contributed by atoms with van der Waals surface area (Å²) < 4.78 is 5.64. The third-order valence-electron chi connectivity index (χ3n) is 3.01. The van der Waals surface area contributed by atoms with Gasteiger partial charge in [0.25, 0.3) is 5.91 Å². The first kappa shape index (κ1) is 16.3. The third kappa shape index (κ3) is 3.53. The number of anilines is 1. The lowest BCUT2D eigenvalue weighted by Crippen LogP contribution is -2.27. The van der Waals surface area contributed by atoms with E-state index in [-0.39, 0.29) is 5.91 Å². The summed E-state index contributed by atoms with van der Waals surface area (Å²) in [4.78, 5) is 14.5. The lowest BCUT2D eigenvalue weighted by Gasteiger charge is -2.15. The molecule has 3 nitrogen and oxygen atoms in total. The molecule has 1 amide bonds. The third-order valence-corrected chi connectivity index (χ3v) is 5.07. The van der Waals surface area contributed by atoms with Gasteiger partial charge in [0.05, 0.1) is 26.9 Å². The van der Waals surface area contributed by atoms with Gasteiger partial charge in [0, 0.05) is 0 Å². The molecule has 2 aromatic rings. The molecule has 0 saturated carbocycles. The summed E-state index contributed by atoms with van der Waals surface area (Å²) in [5, 5.41) is 0.803. The SMILES string of the molecule is O=C1/C(=C/C=C/c2ccco2)SC(=S)N1c1ccc(Cl)c(Cl)c1. The summed E-state index contributed by atoms with van der Waals surface area (Å²) in [6.07, 6.45) is 6.81. The standard InChI is InChI=1S/C16H9Cl2NO2S2/c17-12-7-6-10(9-13(12)18)19-15(20)14(23-16(19)22)5-1-3-11-4-2-8-21-11/h1-9H/b3-1+,14-5-. The van der Waals surface area contributed by atoms with Gasteiger partial charge in [-0.2, -0.15) is 0 Å². The number of thioether (sulfide) groups is 1. The second-order valence-electron chi connectivity index (χ2n) is 4.51. The van der Waals surface area contributed by atoms with Crippen molar-refractivity contribution in [3.63, 3.8) is 0 Å². The average Bonchev–Trinajstić information content (AvgIpc) is 3.12. The lowest BCUT2D eigenvalue weighted by atomic mass is 10.3. The highest BCUT2D eigenvalue weighted by molar-refractivity contribution is 8.27. The van der Waals surface area contributed by atoms with Crippen LogP contribution in [0, 0.1) is 0 Å². The van der Waals surface area contributed by atoms with E-state index in [0.29, 0.717) is 30.7 Å². The van der Waals surface area contributed by atoms with Crippen LogP contribution in [0.4, 0.5) is 5.69 Å². The molecule has 0 aliphatic carbocycles. The Morgan fingerprint density at radius 3 is 2.74 bits per heavy atom. The Hall–Kier alpha value is -1.53. The van der Waals surface area contributed by atoms with Crippen molar-refractivity contribution in [2.24, 2.45) is 0 Å². The van der Waals surface area contributed by atoms with E-state index in [1.54, 1.807) is 48.8 Å². The zero-order valence-corrected chi connectivity index (χ0v) is 14.7. The monoisotopic (exact) mass is 381 g/mol. The van der Waals surface area contributed by atoms with Gasteiger partial charge in [-0.05, 0) is 42.5 Å². The molecular formula is C16H9Cl2NO2S2. The van der Waals surface area contributed by atoms with Crippen LogP contribution in [-0.4, -0.2) is 10.2 Å². The Morgan fingerprint density at radius 2 is 2.04 bits per heavy atom. The molecule has 1 aromatic heterocycles. The highest BCUT2D eigenvalue weighted by Gasteiger charge is 2.33. The van der Waals surface area contributed by atoms with Crippen LogP contribution in [0.5, 0.6) is 0 Å². The molecule has 1 fully saturated rings. The van der Waals surface area contributed by atoms with Crippen LogP contribution in [0.3, 0.4) is 0 Å². The predicted octanol–water partition coefficient (Wildman–Crippen LogP) is 5.55. The van der Waals surface area contributed by atoms with Crippen molar-refractivity contribution >= 4 is 69.2 Å². The summed E-state index contributed by atoms with van der Waals surface area (Å²) in [6.45, 7) is 0. The maximum atomic E-state index is 12.5. The van der Waals surface area contributed by atoms with Gasteiger partial charge < -0.3 is 4.42 Å². The molecule has 0 unspecified atom stereocenters. The van der Waals surface area contributed by atoms with E-state index >= 15 is 0 Å². The van der Waals surface area contributed by atoms with E-state index < -0.39 is 0 Å². The van der Waals surface area contributed by atoms with Crippen molar-refractivity contribution in [1.29, 1.82) is 0 Å². The summed E-state index contributed by atoms with van der Waals surface area (Å²) in [5.74, 6) is 0.517. The molecule has 2 heterocycles. The van der Waals surface area contributed by atoms with Gasteiger partial charge in [0.1, 0.15) is 5.76 Å². The number of amides is 1. The number of allylic oxidation sites excluding steroid dienone is 2. The zero-order chi connectivity index (χ0) is 16.4. The lowest BCUT2D eigenvalue weighted by molar-refractivity contribution is -0.113. The van der Waals surface area contributed by atoms with Crippen molar-refractivity contribution in [1.82, 2.24) is 0 Å². The molecule has 116 valence electrons. The smallest absolute Gasteiger partial charge is 0.270 e. The first-order valence-electron chi connectivity index (χ1n) is 6.49. The fourth-order valence-electron chi connectivity index (χ4n) is 1.95. The fraction of sp³-hybridized carbons (Fsp3) is 0. The first-order chi connectivity index (χ1) is 11.1. The van der Waals surface area contributed by atoms with E-state index in [2.05, 4.69) is 0 Å². The zero-order valence-electron chi connectivity index (χ0n) is 11.5. The minimum Gasteiger partial charge on any atom is -0.465 e. The molecule has 23 heavy (non-hydrogen) atoms. The molecule has 1 aliphatic rings. The maximum absolute atomic E-state index is 12.5. The number of hydrogen-bond donors (Lipinski definition) is 0. The van der Waals surface area contributed by atoms with E-state index in [9.17, 15) is 4.79 Å². The average molecular weight is 382 g/mol. The number of benzene rings is 1. The molecule has 3 rings (SSSR count). The van der Waals surface area contributed by atoms with Crippen LogP contribution in [0.2, 0.25) is 10.0 Å². The number of carbonyl (C=O) groups excluding carboxylic acids is 1. The van der Waals surface area contributed by atoms with Crippen LogP contribution < -0.4 is 4.90 Å². The number of furan rings is 1. The summed E-state index contributed by atoms with van der Waals surface area (Å²) in [5.41, 5.74) is 0.598. The van der Waals surface area contributed by atoms with E-state index in [1.165, 1.54) is 16.7 Å². The highest BCUT2D eigenvalue weighted by atomic mass is 35.5. The Morgan fingerprint density at radius 1 is 1.22 bits per heavy atom. The van der Waals surface area contributed by atoms with E-state index in [0.717, 1.165) is 0 Å². The Kier molecular flexibility index (Phi) is 4.92. The number of halogens is 2. The predicted molar refractivity (Wildman–Crippen MR) is 100.0 cm³/mol. The highest BCUT2D eigenvalue weighted by Crippen LogP contribution is 2.37. The number of nitrogens with zero attached hydrogens (tertiary/aromatic N) is 1. The van der Waals surface area contributed by atoms with Crippen molar-refractivity contribution < 1.29 is 9.21 Å². The van der Waals surface area contributed by atoms with Crippen molar-refractivity contribution in [2.75, 3.05) is 4.90 Å². The van der Waals surface area contributed by atoms with Crippen molar-refractivity contribution in [2.45, 2.75) is 0 Å². The molecular weight excluding hydrogens is 373 g/mol. The van der Waals surface area contributed by atoms with E-state index in [4.69, 9.17) is 39.8 Å². The second-order valence-corrected chi connectivity index (χ2v) is 7.00. The fourth-order valence-corrected chi connectivity index (χ4v) is 3.49. The molecule has 0 N–H and O–H groups in total. The van der Waals surface area contributed by atoms with Gasteiger partial charge in [0.15, 0.2) is 4.32 Å². The van der Waals surface area contributed by atoms with E-state index in [1.807, 2.05) is 6.07 Å². The molecule has 7 heteroatoms. The Balaban J connectivity index is 1.83. The van der Waals surface area contributed by atoms with Crippen LogP contribution in [0.1, 0.15) is 5.76 Å². The summed E-state index contributed by atoms with van der Waals surface area (Å²) >= 11 is 18.4. The Labute approximate surface area is 152 Å². The molecule has 0 bridgehead atoms.